The molecule has 1 aromatic rings. The maximum atomic E-state index is 12.8. The normalized spacial score (nSPS) is 25.3. The quantitative estimate of drug-likeness (QED) is 0.641. The zero-order chi connectivity index (χ0) is 19.8. The number of hydrogen-bond acceptors (Lipinski definition) is 3. The van der Waals surface area contributed by atoms with Gasteiger partial charge in [0.2, 0.25) is 11.9 Å². The molecular weight excluding hydrogens is 361 g/mol. The Morgan fingerprint density at radius 2 is 2.00 bits per heavy atom. The van der Waals surface area contributed by atoms with Crippen LogP contribution in [0.5, 0.6) is 0 Å². The van der Waals surface area contributed by atoms with E-state index in [0.717, 1.165) is 17.0 Å². The minimum atomic E-state index is -4.39. The van der Waals surface area contributed by atoms with E-state index in [1.54, 1.807) is 5.01 Å². The van der Waals surface area contributed by atoms with Crippen LogP contribution in [-0.2, 0) is 11.0 Å². The number of anilines is 1. The predicted molar refractivity (Wildman–Crippen MR) is 93.7 cm³/mol. The van der Waals surface area contributed by atoms with Crippen LogP contribution in [0.3, 0.4) is 0 Å². The van der Waals surface area contributed by atoms with Crippen LogP contribution < -0.4 is 10.2 Å². The van der Waals surface area contributed by atoms with E-state index in [1.807, 2.05) is 11.8 Å². The zero-order valence-corrected chi connectivity index (χ0v) is 14.9. The summed E-state index contributed by atoms with van der Waals surface area (Å²) in [6.07, 6.45) is -2.83. The zero-order valence-electron chi connectivity index (χ0n) is 14.9. The molecule has 2 aliphatic heterocycles. The molecule has 1 N–H and O–H groups in total. The van der Waals surface area contributed by atoms with Crippen molar-refractivity contribution in [2.24, 2.45) is 5.92 Å². The first kappa shape index (κ1) is 19.2. The number of hydrogen-bond donors (Lipinski definition) is 1. The van der Waals surface area contributed by atoms with Gasteiger partial charge in [-0.3, -0.25) is 4.79 Å². The van der Waals surface area contributed by atoms with Crippen LogP contribution >= 0.6 is 0 Å². The molecule has 3 rings (SSSR count). The van der Waals surface area contributed by atoms with Crippen molar-refractivity contribution in [2.75, 3.05) is 24.5 Å². The van der Waals surface area contributed by atoms with E-state index >= 15 is 0 Å². The number of nitrogens with zero attached hydrogens (tertiary/aromatic N) is 3. The third-order valence-corrected chi connectivity index (χ3v) is 5.06. The fourth-order valence-electron chi connectivity index (χ4n) is 3.68. The molecule has 0 bridgehead atoms. The molecule has 3 unspecified atom stereocenters. The fourth-order valence-corrected chi connectivity index (χ4v) is 3.68. The number of fused-ring (bicyclic) bond motifs is 1. The van der Waals surface area contributed by atoms with Crippen LogP contribution in [0.2, 0.25) is 0 Å². The molecule has 146 valence electrons. The third-order valence-electron chi connectivity index (χ3n) is 5.06. The summed E-state index contributed by atoms with van der Waals surface area (Å²) in [7, 11) is 0. The largest absolute Gasteiger partial charge is 0.416 e. The van der Waals surface area contributed by atoms with Crippen LogP contribution in [0.15, 0.2) is 36.9 Å². The highest BCUT2D eigenvalue weighted by atomic mass is 19.4. The molecule has 2 saturated heterocycles. The van der Waals surface area contributed by atoms with Crippen molar-refractivity contribution in [3.8, 4) is 0 Å². The summed E-state index contributed by atoms with van der Waals surface area (Å²) in [5.41, 5.74) is -0.0830. The lowest BCUT2D eigenvalue weighted by Gasteiger charge is -2.40. The minimum absolute atomic E-state index is 0.0470. The standard InChI is InChI=1S/C18H21F3N4O2/c1-3-16(26)22-9-13-10-23(17-8-12(2)25(27)24(17)11-13)15-6-4-14(5-7-15)18(19,20)21/h3-7,12-13,17H,1,8-11H2,2H3/p+1. The first-order chi connectivity index (χ1) is 12.7. The number of amides is 1. The average Bonchev–Trinajstić information content (AvgIpc) is 2.93. The molecule has 3 atom stereocenters. The van der Waals surface area contributed by atoms with E-state index in [1.165, 1.54) is 18.2 Å². The summed E-state index contributed by atoms with van der Waals surface area (Å²) in [4.78, 5) is 26.7. The van der Waals surface area contributed by atoms with Gasteiger partial charge < -0.3 is 10.2 Å². The first-order valence-corrected chi connectivity index (χ1v) is 8.77. The Hall–Kier alpha value is -2.58. The van der Waals surface area contributed by atoms with Gasteiger partial charge in [-0.1, -0.05) is 6.58 Å². The van der Waals surface area contributed by atoms with Gasteiger partial charge in [0, 0.05) is 31.6 Å². The fraction of sp³-hybridized carbons (Fsp3) is 0.500. The molecule has 1 aromatic carbocycles. The van der Waals surface area contributed by atoms with Crippen molar-refractivity contribution in [2.45, 2.75) is 31.7 Å². The van der Waals surface area contributed by atoms with Gasteiger partial charge in [-0.25, -0.2) is 0 Å². The molecule has 0 saturated carbocycles. The third kappa shape index (κ3) is 3.91. The molecule has 2 fully saturated rings. The van der Waals surface area contributed by atoms with E-state index < -0.39 is 11.7 Å². The van der Waals surface area contributed by atoms with E-state index in [4.69, 9.17) is 0 Å². The molecule has 2 aliphatic rings. The van der Waals surface area contributed by atoms with Crippen molar-refractivity contribution in [1.29, 1.82) is 0 Å². The lowest BCUT2D eigenvalue weighted by Crippen LogP contribution is -2.57. The Labute approximate surface area is 155 Å². The molecule has 1 amide bonds. The van der Waals surface area contributed by atoms with Crippen molar-refractivity contribution >= 4 is 11.6 Å². The molecule has 2 heterocycles. The molecule has 6 nitrogen and oxygen atoms in total. The Kier molecular flexibility index (Phi) is 5.12. The highest BCUT2D eigenvalue weighted by Gasteiger charge is 2.51. The molecule has 27 heavy (non-hydrogen) atoms. The van der Waals surface area contributed by atoms with Crippen LogP contribution in [0.4, 0.5) is 18.9 Å². The molecule has 0 radical (unpaired) electrons. The second-order valence-electron chi connectivity index (χ2n) is 7.00. The van der Waals surface area contributed by atoms with Gasteiger partial charge >= 0.3 is 6.18 Å². The number of nitrogens with one attached hydrogen (secondary N) is 1. The number of alkyl halides is 3. The van der Waals surface area contributed by atoms with Gasteiger partial charge in [-0.15, -0.1) is 5.01 Å². The lowest BCUT2D eigenvalue weighted by molar-refractivity contribution is -0.715. The average molecular weight is 383 g/mol. The highest BCUT2D eigenvalue weighted by Crippen LogP contribution is 2.35. The van der Waals surface area contributed by atoms with Gasteiger partial charge in [0.15, 0.2) is 6.17 Å². The van der Waals surface area contributed by atoms with Gasteiger partial charge in [-0.2, -0.15) is 13.2 Å². The minimum Gasteiger partial charge on any atom is -0.352 e. The Morgan fingerprint density at radius 3 is 2.59 bits per heavy atom. The molecule has 0 spiro atoms. The predicted octanol–water partition coefficient (Wildman–Crippen LogP) is 2.56. The van der Waals surface area contributed by atoms with Gasteiger partial charge in [0.05, 0.1) is 23.4 Å². The van der Waals surface area contributed by atoms with Crippen LogP contribution in [0.25, 0.3) is 0 Å². The summed E-state index contributed by atoms with van der Waals surface area (Å²) in [6.45, 7) is 6.60. The SMILES string of the molecule is C=CC(=O)NCC1CN(c2ccc(C(F)(F)F)cc2)C2CC(C)[N+](=O)N2C1. The first-order valence-electron chi connectivity index (χ1n) is 8.77. The second-order valence-corrected chi connectivity index (χ2v) is 7.00. The molecule has 9 heteroatoms. The lowest BCUT2D eigenvalue weighted by atomic mass is 10.0. The van der Waals surface area contributed by atoms with E-state index in [-0.39, 0.29) is 24.0 Å². The second kappa shape index (κ2) is 7.21. The van der Waals surface area contributed by atoms with E-state index in [2.05, 4.69) is 11.9 Å². The summed E-state index contributed by atoms with van der Waals surface area (Å²) in [5, 5.41) is 4.42. The number of carbonyl (C=O) groups excluding carboxylic acids is 1. The number of hydrazine groups is 1. The highest BCUT2D eigenvalue weighted by molar-refractivity contribution is 5.86. The number of nitroso groups, excluding NO2 is 1. The maximum absolute atomic E-state index is 12.8. The Morgan fingerprint density at radius 1 is 1.33 bits per heavy atom. The van der Waals surface area contributed by atoms with E-state index in [0.29, 0.717) is 31.7 Å². The maximum Gasteiger partial charge on any atom is 0.416 e. The number of carbonyl (C=O) groups is 1. The summed E-state index contributed by atoms with van der Waals surface area (Å²) < 4.78 is 38.5. The summed E-state index contributed by atoms with van der Waals surface area (Å²) in [6, 6.07) is 4.76. The van der Waals surface area contributed by atoms with E-state index in [9.17, 15) is 22.9 Å². The molecule has 0 aliphatic carbocycles. The van der Waals surface area contributed by atoms with Crippen LogP contribution in [0, 0.1) is 10.8 Å². The van der Waals surface area contributed by atoms with Gasteiger partial charge in [-0.05, 0) is 30.3 Å². The van der Waals surface area contributed by atoms with Crippen molar-refractivity contribution in [3.05, 3.63) is 47.4 Å². The smallest absolute Gasteiger partial charge is 0.352 e. The summed E-state index contributed by atoms with van der Waals surface area (Å²) in [5.74, 6) is -0.346. The number of rotatable bonds is 4. The number of benzene rings is 1. The Bertz CT molecular complexity index is 735. The van der Waals surface area contributed by atoms with Crippen molar-refractivity contribution in [3.63, 3.8) is 0 Å². The van der Waals surface area contributed by atoms with Crippen LogP contribution in [-0.4, -0.2) is 47.6 Å². The van der Waals surface area contributed by atoms with Gasteiger partial charge in [0.25, 0.3) is 0 Å². The molecule has 0 aromatic heterocycles. The number of halogens is 3. The monoisotopic (exact) mass is 383 g/mol. The topological polar surface area (TPSA) is 55.7 Å². The Balaban J connectivity index is 1.83. The summed E-state index contributed by atoms with van der Waals surface area (Å²) >= 11 is 0. The van der Waals surface area contributed by atoms with Crippen molar-refractivity contribution < 1.29 is 22.8 Å². The van der Waals surface area contributed by atoms with Gasteiger partial charge in [0.1, 0.15) is 4.87 Å². The molecular formula is C18H22F3N4O2+. The van der Waals surface area contributed by atoms with Crippen LogP contribution in [0.1, 0.15) is 18.9 Å². The van der Waals surface area contributed by atoms with Crippen molar-refractivity contribution in [1.82, 2.24) is 10.3 Å².